The van der Waals surface area contributed by atoms with Crippen LogP contribution in [0.4, 0.5) is 0 Å². The molecule has 2 nitrogen and oxygen atoms in total. The van der Waals surface area contributed by atoms with Crippen LogP contribution in [0.5, 0.6) is 0 Å². The second-order valence-electron chi connectivity index (χ2n) is 1.23. The Morgan fingerprint density at radius 3 is 2.00 bits per heavy atom. The maximum atomic E-state index is 9.49. The minimum absolute atomic E-state index is 0. The first-order valence-corrected chi connectivity index (χ1v) is 2.49. The predicted molar refractivity (Wildman–Crippen MR) is 32.4 cm³/mol. The van der Waals surface area contributed by atoms with Crippen molar-refractivity contribution in [1.82, 2.24) is 0 Å². The van der Waals surface area contributed by atoms with Crippen molar-refractivity contribution in [1.29, 1.82) is 0 Å². The van der Waals surface area contributed by atoms with Gasteiger partial charge < -0.3 is 0 Å². The van der Waals surface area contributed by atoms with E-state index in [1.807, 2.05) is 13.8 Å². The van der Waals surface area contributed by atoms with Crippen LogP contribution in [0.25, 0.3) is 0 Å². The summed E-state index contributed by atoms with van der Waals surface area (Å²) in [5.41, 5.74) is 0. The van der Waals surface area contributed by atoms with E-state index in [2.05, 4.69) is 4.52 Å². The Morgan fingerprint density at radius 1 is 1.57 bits per heavy atom. The molecule has 0 saturated carbocycles. The van der Waals surface area contributed by atoms with Crippen LogP contribution < -0.4 is 0 Å². The second-order valence-corrected chi connectivity index (χ2v) is 1.59. The summed E-state index contributed by atoms with van der Waals surface area (Å²) in [6.45, 7) is 3.65. The Bertz CT molecular complexity index is 48.2. The van der Waals surface area contributed by atoms with Crippen LogP contribution in [0.15, 0.2) is 0 Å². The molecular weight excluding hydrogens is 139 g/mol. The molecule has 4 heteroatoms. The first-order valence-electron chi connectivity index (χ1n) is 1.76. The molecule has 40 valence electrons. The molecule has 0 aliphatic carbocycles. The van der Waals surface area contributed by atoms with Gasteiger partial charge in [-0.05, 0) is 13.8 Å². The third-order valence-electron chi connectivity index (χ3n) is 0.254. The fraction of sp³-hybridized carbons (Fsp3) is 1.00. The molecule has 0 heterocycles. The summed E-state index contributed by atoms with van der Waals surface area (Å²) in [5.74, 6) is 0. The van der Waals surface area contributed by atoms with Crippen molar-refractivity contribution < 1.29 is 9.09 Å². The summed E-state index contributed by atoms with van der Waals surface area (Å²) in [4.78, 5) is 0. The molecule has 0 rings (SSSR count). The quantitative estimate of drug-likeness (QED) is 0.425. The van der Waals surface area contributed by atoms with Crippen molar-refractivity contribution >= 4 is 46.4 Å². The Kier molecular flexibility index (Phi) is 11.7. The normalized spacial score (nSPS) is 9.00. The molecule has 0 aliphatic heterocycles. The van der Waals surface area contributed by atoms with Gasteiger partial charge in [0.05, 0.1) is 6.10 Å². The standard InChI is InChI=1S/C3H7O2P.Ca.2H/c1-3(2)5-6-4;;;/h3H,1-2H3;;;. The van der Waals surface area contributed by atoms with Crippen molar-refractivity contribution in [3.05, 3.63) is 0 Å². The third kappa shape index (κ3) is 11.1. The molecule has 0 saturated heterocycles. The topological polar surface area (TPSA) is 26.3 Å². The van der Waals surface area contributed by atoms with Gasteiger partial charge in [0.1, 0.15) is 0 Å². The van der Waals surface area contributed by atoms with E-state index in [9.17, 15) is 4.57 Å². The predicted octanol–water partition coefficient (Wildman–Crippen LogP) is 0.702. The fourth-order valence-corrected chi connectivity index (χ4v) is 0.258. The fourth-order valence-electron chi connectivity index (χ4n) is 0.0861. The van der Waals surface area contributed by atoms with E-state index in [1.54, 1.807) is 0 Å². The van der Waals surface area contributed by atoms with Crippen molar-refractivity contribution in [2.75, 3.05) is 0 Å². The van der Waals surface area contributed by atoms with Crippen molar-refractivity contribution in [3.8, 4) is 0 Å². The van der Waals surface area contributed by atoms with Crippen LogP contribution in [0.1, 0.15) is 13.8 Å². The minimum atomic E-state index is -0.226. The van der Waals surface area contributed by atoms with Gasteiger partial charge in [0.25, 0.3) is 0 Å². The van der Waals surface area contributed by atoms with Crippen LogP contribution in [0.2, 0.25) is 0 Å². The Labute approximate surface area is 74.9 Å². The summed E-state index contributed by atoms with van der Waals surface area (Å²) < 4.78 is 13.9. The SMILES string of the molecule is CC(C)OP=O.[CaH2]. The maximum absolute atomic E-state index is 9.49. The van der Waals surface area contributed by atoms with Gasteiger partial charge in [-0.1, -0.05) is 0 Å². The second kappa shape index (κ2) is 7.32. The van der Waals surface area contributed by atoms with Crippen molar-refractivity contribution in [2.24, 2.45) is 0 Å². The number of hydrogen-bond acceptors (Lipinski definition) is 2. The Hall–Kier alpha value is 1.32. The number of hydrogen-bond donors (Lipinski definition) is 0. The molecule has 0 N–H and O–H groups in total. The molecule has 0 spiro atoms. The first kappa shape index (κ1) is 11.2. The molecule has 0 unspecified atom stereocenters. The molecule has 0 atom stereocenters. The number of rotatable bonds is 2. The summed E-state index contributed by atoms with van der Waals surface area (Å²) in [5, 5.41) is 0. The van der Waals surface area contributed by atoms with Crippen LogP contribution in [0, 0.1) is 0 Å². The van der Waals surface area contributed by atoms with E-state index in [4.69, 9.17) is 0 Å². The molecule has 0 aromatic carbocycles. The zero-order valence-electron chi connectivity index (χ0n) is 3.84. The molecule has 0 radical (unpaired) electrons. The van der Waals surface area contributed by atoms with E-state index < -0.39 is 0 Å². The van der Waals surface area contributed by atoms with Gasteiger partial charge >= 0.3 is 46.4 Å². The summed E-state index contributed by atoms with van der Waals surface area (Å²) >= 11 is 0. The van der Waals surface area contributed by atoms with Gasteiger partial charge in [-0.2, -0.15) is 0 Å². The average Bonchev–Trinajstić information content (AvgIpc) is 1.35. The summed E-state index contributed by atoms with van der Waals surface area (Å²) in [6.07, 6.45) is 0.0733. The molecule has 0 aromatic rings. The van der Waals surface area contributed by atoms with E-state index in [-0.39, 0.29) is 52.5 Å². The van der Waals surface area contributed by atoms with E-state index in [0.29, 0.717) is 0 Å². The Balaban J connectivity index is 0. The summed E-state index contributed by atoms with van der Waals surface area (Å²) in [7, 11) is -0.226. The van der Waals surface area contributed by atoms with Gasteiger partial charge in [0.15, 0.2) is 0 Å². The van der Waals surface area contributed by atoms with Gasteiger partial charge in [-0.15, -0.1) is 0 Å². The zero-order valence-corrected chi connectivity index (χ0v) is 4.74. The van der Waals surface area contributed by atoms with E-state index in [0.717, 1.165) is 0 Å². The molecule has 7 heavy (non-hydrogen) atoms. The van der Waals surface area contributed by atoms with Crippen LogP contribution in [-0.4, -0.2) is 43.8 Å². The molecule has 0 bridgehead atoms. The van der Waals surface area contributed by atoms with Crippen LogP contribution in [0.3, 0.4) is 0 Å². The molecule has 0 fully saturated rings. The van der Waals surface area contributed by atoms with Crippen molar-refractivity contribution in [3.63, 3.8) is 0 Å². The van der Waals surface area contributed by atoms with Gasteiger partial charge in [0, 0.05) is 0 Å². The molecular formula is C3H9CaO2P. The molecule has 0 aliphatic rings. The van der Waals surface area contributed by atoms with Gasteiger partial charge in [0.2, 0.25) is 0 Å². The van der Waals surface area contributed by atoms with Gasteiger partial charge in [-0.3, -0.25) is 4.52 Å². The van der Waals surface area contributed by atoms with Crippen molar-refractivity contribution in [2.45, 2.75) is 20.0 Å². The zero-order chi connectivity index (χ0) is 4.99. The first-order chi connectivity index (χ1) is 2.77. The van der Waals surface area contributed by atoms with Crippen LogP contribution >= 0.6 is 8.69 Å². The Morgan fingerprint density at radius 2 is 2.00 bits per heavy atom. The monoisotopic (exact) mass is 148 g/mol. The van der Waals surface area contributed by atoms with Gasteiger partial charge in [-0.25, -0.2) is 4.57 Å². The summed E-state index contributed by atoms with van der Waals surface area (Å²) in [6, 6.07) is 0. The average molecular weight is 148 g/mol. The molecule has 0 amide bonds. The van der Waals surface area contributed by atoms with E-state index >= 15 is 0 Å². The third-order valence-corrected chi connectivity index (χ3v) is 0.762. The molecule has 0 aromatic heterocycles. The van der Waals surface area contributed by atoms with E-state index in [1.165, 1.54) is 0 Å². The van der Waals surface area contributed by atoms with Crippen LogP contribution in [-0.2, 0) is 9.09 Å².